The fourth-order valence-corrected chi connectivity index (χ4v) is 2.63. The number of hydrogen-bond donors (Lipinski definition) is 2. The van der Waals surface area contributed by atoms with Crippen molar-refractivity contribution in [3.63, 3.8) is 0 Å². The summed E-state index contributed by atoms with van der Waals surface area (Å²) in [5, 5.41) is 5.59. The molecule has 2 rings (SSSR count). The maximum absolute atomic E-state index is 12.8. The number of hydrogen-bond acceptors (Lipinski definition) is 2. The number of carbonyl (C=O) groups excluding carboxylic acids is 1. The van der Waals surface area contributed by atoms with Crippen molar-refractivity contribution in [3.8, 4) is 0 Å². The molecule has 0 aliphatic rings. The Labute approximate surface area is 177 Å². The van der Waals surface area contributed by atoms with Gasteiger partial charge in [0.05, 0.1) is 15.6 Å². The Bertz CT molecular complexity index is 840. The average molecular weight is 481 g/mol. The molecule has 0 spiro atoms. The number of carbonyl (C=O) groups is 1. The first-order valence-corrected chi connectivity index (χ1v) is 9.03. The molecular formula is C16H10Cl5F3N2O. The predicted molar refractivity (Wildman–Crippen MR) is 103 cm³/mol. The highest BCUT2D eigenvalue weighted by Gasteiger charge is 2.35. The molecule has 2 aromatic rings. The van der Waals surface area contributed by atoms with Crippen LogP contribution in [0.1, 0.15) is 15.9 Å². The van der Waals surface area contributed by atoms with Gasteiger partial charge >= 0.3 is 6.18 Å². The molecule has 2 aromatic carbocycles. The van der Waals surface area contributed by atoms with Crippen molar-refractivity contribution in [3.05, 3.63) is 63.6 Å². The lowest BCUT2D eigenvalue weighted by Crippen LogP contribution is -2.49. The predicted octanol–water partition coefficient (Wildman–Crippen LogP) is 6.55. The molecule has 0 aliphatic heterocycles. The smallest absolute Gasteiger partial charge is 0.362 e. The molecule has 0 saturated carbocycles. The molecule has 0 aliphatic carbocycles. The molecule has 0 saturated heterocycles. The first-order valence-electron chi connectivity index (χ1n) is 7.14. The zero-order valence-corrected chi connectivity index (χ0v) is 16.8. The zero-order chi connectivity index (χ0) is 20.4. The summed E-state index contributed by atoms with van der Waals surface area (Å²) in [5.74, 6) is -0.870. The van der Waals surface area contributed by atoms with E-state index in [1.807, 2.05) is 0 Å². The van der Waals surface area contributed by atoms with E-state index in [4.69, 9.17) is 58.0 Å². The van der Waals surface area contributed by atoms with Gasteiger partial charge in [0.1, 0.15) is 6.17 Å². The molecule has 1 atom stereocenters. The molecule has 11 heteroatoms. The Morgan fingerprint density at radius 3 is 2.19 bits per heavy atom. The first-order chi connectivity index (χ1) is 12.4. The van der Waals surface area contributed by atoms with E-state index in [1.54, 1.807) is 0 Å². The van der Waals surface area contributed by atoms with Crippen LogP contribution >= 0.6 is 58.0 Å². The van der Waals surface area contributed by atoms with Crippen LogP contribution in [0.2, 0.25) is 10.0 Å². The lowest BCUT2D eigenvalue weighted by molar-refractivity contribution is -0.137. The second-order valence-corrected chi connectivity index (χ2v) is 8.48. The van der Waals surface area contributed by atoms with Crippen molar-refractivity contribution < 1.29 is 18.0 Å². The van der Waals surface area contributed by atoms with Gasteiger partial charge in [0.25, 0.3) is 5.91 Å². The Kier molecular flexibility index (Phi) is 7.03. The highest BCUT2D eigenvalue weighted by molar-refractivity contribution is 6.68. The van der Waals surface area contributed by atoms with E-state index in [0.717, 1.165) is 12.1 Å². The lowest BCUT2D eigenvalue weighted by atomic mass is 10.1. The van der Waals surface area contributed by atoms with E-state index < -0.39 is 27.6 Å². The summed E-state index contributed by atoms with van der Waals surface area (Å²) in [6, 6.07) is 8.29. The van der Waals surface area contributed by atoms with Gasteiger partial charge in [-0.1, -0.05) is 64.1 Å². The summed E-state index contributed by atoms with van der Waals surface area (Å²) in [6.45, 7) is 0. The first kappa shape index (κ1) is 22.2. The van der Waals surface area contributed by atoms with Crippen LogP contribution in [-0.4, -0.2) is 15.9 Å². The van der Waals surface area contributed by atoms with Gasteiger partial charge in [-0.2, -0.15) is 13.2 Å². The molecule has 146 valence electrons. The van der Waals surface area contributed by atoms with Gasteiger partial charge in [0, 0.05) is 11.3 Å². The third-order valence-corrected chi connectivity index (χ3v) is 4.68. The van der Waals surface area contributed by atoms with E-state index in [2.05, 4.69) is 10.6 Å². The highest BCUT2D eigenvalue weighted by Crippen LogP contribution is 2.33. The maximum Gasteiger partial charge on any atom is 0.416 e. The van der Waals surface area contributed by atoms with Crippen molar-refractivity contribution in [2.75, 3.05) is 5.32 Å². The molecule has 1 unspecified atom stereocenters. The molecule has 0 bridgehead atoms. The molecule has 0 heterocycles. The van der Waals surface area contributed by atoms with Crippen molar-refractivity contribution in [1.29, 1.82) is 0 Å². The van der Waals surface area contributed by atoms with Crippen LogP contribution in [0.5, 0.6) is 0 Å². The fraction of sp³-hybridized carbons (Fsp3) is 0.188. The summed E-state index contributed by atoms with van der Waals surface area (Å²) in [5.41, 5.74) is -0.858. The van der Waals surface area contributed by atoms with Gasteiger partial charge < -0.3 is 10.6 Å². The number of anilines is 1. The minimum Gasteiger partial charge on any atom is -0.362 e. The summed E-state index contributed by atoms with van der Waals surface area (Å²) in [7, 11) is 0. The SMILES string of the molecule is O=C(NC(Nc1ccc(Cl)c(Cl)c1)C(Cl)(Cl)Cl)c1cccc(C(F)(F)F)c1. The van der Waals surface area contributed by atoms with Crippen LogP contribution < -0.4 is 10.6 Å². The fourth-order valence-electron chi connectivity index (χ4n) is 2.00. The van der Waals surface area contributed by atoms with Crippen LogP contribution in [0.3, 0.4) is 0 Å². The second-order valence-electron chi connectivity index (χ2n) is 5.30. The minimum absolute atomic E-state index is 0.217. The highest BCUT2D eigenvalue weighted by atomic mass is 35.6. The quantitative estimate of drug-likeness (QED) is 0.385. The van der Waals surface area contributed by atoms with Crippen LogP contribution in [0.4, 0.5) is 18.9 Å². The third kappa shape index (κ3) is 6.22. The van der Waals surface area contributed by atoms with Gasteiger partial charge in [0.2, 0.25) is 3.79 Å². The Hall–Kier alpha value is -1.05. The molecular weight excluding hydrogens is 470 g/mol. The van der Waals surface area contributed by atoms with E-state index >= 15 is 0 Å². The Balaban J connectivity index is 2.23. The van der Waals surface area contributed by atoms with E-state index in [9.17, 15) is 18.0 Å². The number of amides is 1. The monoisotopic (exact) mass is 478 g/mol. The van der Waals surface area contributed by atoms with Gasteiger partial charge in [0.15, 0.2) is 0 Å². The van der Waals surface area contributed by atoms with Crippen molar-refractivity contribution in [1.82, 2.24) is 5.32 Å². The van der Waals surface area contributed by atoms with E-state index in [-0.39, 0.29) is 10.6 Å². The van der Waals surface area contributed by atoms with Crippen molar-refractivity contribution in [2.24, 2.45) is 0 Å². The minimum atomic E-state index is -4.59. The number of rotatable bonds is 4. The second kappa shape index (κ2) is 8.53. The van der Waals surface area contributed by atoms with E-state index in [0.29, 0.717) is 16.8 Å². The largest absolute Gasteiger partial charge is 0.416 e. The molecule has 1 amide bonds. The third-order valence-electron chi connectivity index (χ3n) is 3.29. The molecule has 0 fully saturated rings. The van der Waals surface area contributed by atoms with Gasteiger partial charge in [-0.3, -0.25) is 4.79 Å². The Morgan fingerprint density at radius 2 is 1.63 bits per heavy atom. The number of alkyl halides is 6. The summed E-state index contributed by atoms with van der Waals surface area (Å²) < 4.78 is 36.4. The molecule has 27 heavy (non-hydrogen) atoms. The van der Waals surface area contributed by atoms with Gasteiger partial charge in [-0.15, -0.1) is 0 Å². The standard InChI is InChI=1S/C16H10Cl5F3N2O/c17-11-5-4-10(7-12(11)18)25-14(15(19,20)21)26-13(27)8-2-1-3-9(6-8)16(22,23)24/h1-7,14,25H,(H,26,27). The van der Waals surface area contributed by atoms with Gasteiger partial charge in [-0.25, -0.2) is 0 Å². The van der Waals surface area contributed by atoms with Crippen molar-refractivity contribution >= 4 is 69.6 Å². The lowest BCUT2D eigenvalue weighted by Gasteiger charge is -2.27. The normalized spacial score (nSPS) is 13.2. The number of benzene rings is 2. The average Bonchev–Trinajstić information content (AvgIpc) is 2.56. The zero-order valence-electron chi connectivity index (χ0n) is 13.1. The molecule has 3 nitrogen and oxygen atoms in total. The van der Waals surface area contributed by atoms with Crippen LogP contribution in [0.25, 0.3) is 0 Å². The number of nitrogens with one attached hydrogen (secondary N) is 2. The van der Waals surface area contributed by atoms with Crippen molar-refractivity contribution in [2.45, 2.75) is 16.1 Å². The topological polar surface area (TPSA) is 41.1 Å². The maximum atomic E-state index is 12.8. The van der Waals surface area contributed by atoms with E-state index in [1.165, 1.54) is 24.3 Å². The summed E-state index contributed by atoms with van der Waals surface area (Å²) >= 11 is 29.3. The Morgan fingerprint density at radius 1 is 0.963 bits per heavy atom. The number of halogens is 8. The van der Waals surface area contributed by atoms with Crippen LogP contribution in [-0.2, 0) is 6.18 Å². The molecule has 0 radical (unpaired) electrons. The molecule has 0 aromatic heterocycles. The van der Waals surface area contributed by atoms with Crippen LogP contribution in [0, 0.1) is 0 Å². The summed E-state index contributed by atoms with van der Waals surface area (Å²) in [4.78, 5) is 12.4. The van der Waals surface area contributed by atoms with Gasteiger partial charge in [-0.05, 0) is 36.4 Å². The van der Waals surface area contributed by atoms with Crippen LogP contribution in [0.15, 0.2) is 42.5 Å². The molecule has 2 N–H and O–H groups in total. The summed E-state index contributed by atoms with van der Waals surface area (Å²) in [6.07, 6.45) is -5.87.